The second kappa shape index (κ2) is 4.64. The van der Waals surface area contributed by atoms with E-state index in [9.17, 15) is 0 Å². The van der Waals surface area contributed by atoms with Crippen LogP contribution in [-0.4, -0.2) is 49.1 Å². The van der Waals surface area contributed by atoms with Gasteiger partial charge in [-0.1, -0.05) is 32.4 Å². The number of rotatable bonds is 3. The normalized spacial score (nSPS) is 36.1. The molecule has 1 aliphatic heterocycles. The maximum Gasteiger partial charge on any atom is 0.0196 e. The van der Waals surface area contributed by atoms with Gasteiger partial charge in [0.05, 0.1) is 0 Å². The van der Waals surface area contributed by atoms with Crippen LogP contribution < -0.4 is 0 Å². The molecule has 1 saturated heterocycles. The second-order valence-corrected chi connectivity index (χ2v) is 7.03. The van der Waals surface area contributed by atoms with Crippen LogP contribution in [0.2, 0.25) is 0 Å². The first-order valence-corrected chi connectivity index (χ1v) is 7.75. The van der Waals surface area contributed by atoms with Crippen molar-refractivity contribution in [2.75, 3.05) is 39.3 Å². The molecule has 0 unspecified atom stereocenters. The summed E-state index contributed by atoms with van der Waals surface area (Å²) in [5.74, 6) is 1.86. The monoisotopic (exact) mass is 248 g/mol. The Morgan fingerprint density at radius 3 is 2.39 bits per heavy atom. The Bertz CT molecular complexity index is 337. The van der Waals surface area contributed by atoms with Crippen LogP contribution in [-0.2, 0) is 0 Å². The molecule has 0 N–H and O–H groups in total. The van der Waals surface area contributed by atoms with E-state index in [4.69, 9.17) is 0 Å². The summed E-state index contributed by atoms with van der Waals surface area (Å²) in [6.07, 6.45) is 5.37. The molecule has 0 amide bonds. The number of allylic oxidation sites excluding steroid dienone is 1. The summed E-state index contributed by atoms with van der Waals surface area (Å²) in [6.45, 7) is 14.8. The first-order chi connectivity index (χ1) is 8.61. The zero-order chi connectivity index (χ0) is 12.8. The van der Waals surface area contributed by atoms with E-state index in [1.807, 2.05) is 0 Å². The Hall–Kier alpha value is -0.340. The molecule has 2 fully saturated rings. The van der Waals surface area contributed by atoms with Crippen molar-refractivity contribution >= 4 is 0 Å². The van der Waals surface area contributed by atoms with Crippen LogP contribution in [0.3, 0.4) is 0 Å². The van der Waals surface area contributed by atoms with E-state index in [0.29, 0.717) is 5.41 Å². The van der Waals surface area contributed by atoms with Gasteiger partial charge in [0.2, 0.25) is 0 Å². The lowest BCUT2D eigenvalue weighted by atomic mass is 9.49. The Kier molecular flexibility index (Phi) is 3.27. The second-order valence-electron chi connectivity index (χ2n) is 7.03. The molecule has 2 heteroatoms. The molecule has 4 rings (SSSR count). The highest BCUT2D eigenvalue weighted by molar-refractivity contribution is 5.24. The molecule has 0 aromatic rings. The lowest BCUT2D eigenvalue weighted by molar-refractivity contribution is -0.0120. The van der Waals surface area contributed by atoms with E-state index in [1.165, 1.54) is 52.1 Å². The Labute approximate surface area is 112 Å². The van der Waals surface area contributed by atoms with Gasteiger partial charge < -0.3 is 4.90 Å². The molecule has 18 heavy (non-hydrogen) atoms. The minimum absolute atomic E-state index is 0.593. The zero-order valence-corrected chi connectivity index (χ0v) is 12.3. The molecule has 1 saturated carbocycles. The Morgan fingerprint density at radius 2 is 1.83 bits per heavy atom. The fourth-order valence-electron chi connectivity index (χ4n) is 4.18. The summed E-state index contributed by atoms with van der Waals surface area (Å²) < 4.78 is 0. The molecular formula is C16H28N2. The molecule has 2 nitrogen and oxygen atoms in total. The van der Waals surface area contributed by atoms with Crippen molar-refractivity contribution in [3.63, 3.8) is 0 Å². The number of nitrogens with zero attached hydrogens (tertiary/aromatic N) is 2. The van der Waals surface area contributed by atoms with Crippen LogP contribution in [0.25, 0.3) is 0 Å². The van der Waals surface area contributed by atoms with Crippen molar-refractivity contribution in [3.8, 4) is 0 Å². The summed E-state index contributed by atoms with van der Waals surface area (Å²) >= 11 is 0. The van der Waals surface area contributed by atoms with Gasteiger partial charge in [-0.25, -0.2) is 0 Å². The average molecular weight is 248 g/mol. The topological polar surface area (TPSA) is 6.48 Å². The summed E-state index contributed by atoms with van der Waals surface area (Å²) in [5.41, 5.74) is 2.35. The van der Waals surface area contributed by atoms with Gasteiger partial charge in [-0.05, 0) is 36.6 Å². The molecule has 102 valence electrons. The van der Waals surface area contributed by atoms with E-state index in [0.717, 1.165) is 11.8 Å². The third-order valence-corrected chi connectivity index (χ3v) is 5.90. The SMILES string of the molecule is CCN1CCN(CC2=CC[C@H]3C[C@@H]2C3(C)C)CC1. The summed E-state index contributed by atoms with van der Waals surface area (Å²) in [5, 5.41) is 0. The molecule has 0 aromatic carbocycles. The maximum atomic E-state index is 2.67. The molecular weight excluding hydrogens is 220 g/mol. The average Bonchev–Trinajstić information content (AvgIpc) is 2.39. The number of likely N-dealkylation sites (N-methyl/N-ethyl adjacent to an activating group) is 1. The van der Waals surface area contributed by atoms with Gasteiger partial charge >= 0.3 is 0 Å². The van der Waals surface area contributed by atoms with E-state index >= 15 is 0 Å². The quantitative estimate of drug-likeness (QED) is 0.708. The highest BCUT2D eigenvalue weighted by Crippen LogP contribution is 2.59. The molecule has 2 bridgehead atoms. The van der Waals surface area contributed by atoms with Gasteiger partial charge in [0, 0.05) is 32.7 Å². The summed E-state index contributed by atoms with van der Waals surface area (Å²) in [6, 6.07) is 0. The highest BCUT2D eigenvalue weighted by Gasteiger charge is 2.51. The lowest BCUT2D eigenvalue weighted by Crippen LogP contribution is -2.52. The minimum atomic E-state index is 0.593. The van der Waals surface area contributed by atoms with E-state index < -0.39 is 0 Å². The first kappa shape index (κ1) is 12.7. The van der Waals surface area contributed by atoms with E-state index in [1.54, 1.807) is 5.57 Å². The van der Waals surface area contributed by atoms with Crippen molar-refractivity contribution in [1.29, 1.82) is 0 Å². The van der Waals surface area contributed by atoms with Crippen molar-refractivity contribution < 1.29 is 0 Å². The Balaban J connectivity index is 1.56. The van der Waals surface area contributed by atoms with Crippen molar-refractivity contribution in [2.45, 2.75) is 33.6 Å². The highest BCUT2D eigenvalue weighted by atomic mass is 15.3. The van der Waals surface area contributed by atoms with Crippen LogP contribution in [0, 0.1) is 17.3 Å². The fraction of sp³-hybridized carbons (Fsp3) is 0.875. The minimum Gasteiger partial charge on any atom is -0.301 e. The summed E-state index contributed by atoms with van der Waals surface area (Å²) in [4.78, 5) is 5.24. The molecule has 1 heterocycles. The molecule has 0 aromatic heterocycles. The third kappa shape index (κ3) is 2.04. The van der Waals surface area contributed by atoms with E-state index in [2.05, 4.69) is 36.6 Å². The van der Waals surface area contributed by atoms with Gasteiger partial charge in [0.1, 0.15) is 0 Å². The van der Waals surface area contributed by atoms with Gasteiger partial charge in [-0.3, -0.25) is 4.90 Å². The van der Waals surface area contributed by atoms with Gasteiger partial charge in [0.25, 0.3) is 0 Å². The largest absolute Gasteiger partial charge is 0.301 e. The van der Waals surface area contributed by atoms with Crippen LogP contribution in [0.1, 0.15) is 33.6 Å². The molecule has 0 radical (unpaired) electrons. The van der Waals surface area contributed by atoms with Gasteiger partial charge in [0.15, 0.2) is 0 Å². The summed E-state index contributed by atoms with van der Waals surface area (Å²) in [7, 11) is 0. The maximum absolute atomic E-state index is 2.67. The molecule has 4 aliphatic rings. The smallest absolute Gasteiger partial charge is 0.0196 e. The van der Waals surface area contributed by atoms with Crippen molar-refractivity contribution in [3.05, 3.63) is 11.6 Å². The van der Waals surface area contributed by atoms with Gasteiger partial charge in [-0.15, -0.1) is 0 Å². The molecule has 2 atom stereocenters. The van der Waals surface area contributed by atoms with Crippen LogP contribution in [0.15, 0.2) is 11.6 Å². The predicted octanol–water partition coefficient (Wildman–Crippen LogP) is 2.62. The van der Waals surface area contributed by atoms with Crippen LogP contribution >= 0.6 is 0 Å². The van der Waals surface area contributed by atoms with Gasteiger partial charge in [-0.2, -0.15) is 0 Å². The van der Waals surface area contributed by atoms with Crippen LogP contribution in [0.5, 0.6) is 0 Å². The number of fused-ring (bicyclic) bond motifs is 1. The number of hydrogen-bond acceptors (Lipinski definition) is 2. The first-order valence-electron chi connectivity index (χ1n) is 7.75. The van der Waals surface area contributed by atoms with Crippen LogP contribution in [0.4, 0.5) is 0 Å². The molecule has 0 spiro atoms. The number of hydrogen-bond donors (Lipinski definition) is 0. The van der Waals surface area contributed by atoms with Crippen molar-refractivity contribution in [2.24, 2.45) is 17.3 Å². The number of piperazine rings is 1. The van der Waals surface area contributed by atoms with Crippen molar-refractivity contribution in [1.82, 2.24) is 9.80 Å². The Morgan fingerprint density at radius 1 is 1.17 bits per heavy atom. The van der Waals surface area contributed by atoms with E-state index in [-0.39, 0.29) is 0 Å². The molecule has 3 aliphatic carbocycles. The third-order valence-electron chi connectivity index (χ3n) is 5.90. The zero-order valence-electron chi connectivity index (χ0n) is 12.3. The fourth-order valence-corrected chi connectivity index (χ4v) is 4.18. The lowest BCUT2D eigenvalue weighted by Gasteiger charge is -2.57. The predicted molar refractivity (Wildman–Crippen MR) is 76.6 cm³/mol. The standard InChI is InChI=1S/C16H28N2/c1-4-17-7-9-18(10-8-17)12-13-5-6-14-11-15(13)16(14,2)3/h5,14-15H,4,6-12H2,1-3H3/t14-,15-/m0/s1.